The van der Waals surface area contributed by atoms with Crippen LogP contribution in [0, 0.1) is 17.1 Å². The minimum absolute atomic E-state index is 0.0895. The summed E-state index contributed by atoms with van der Waals surface area (Å²) in [5.74, 6) is -0.413. The first-order valence-corrected chi connectivity index (χ1v) is 3.95. The molecule has 68 valence electrons. The van der Waals surface area contributed by atoms with Crippen LogP contribution in [0.2, 0.25) is 5.02 Å². The highest BCUT2D eigenvalue weighted by atomic mass is 35.5. The van der Waals surface area contributed by atoms with Gasteiger partial charge in [-0.2, -0.15) is 5.26 Å². The van der Waals surface area contributed by atoms with E-state index in [-0.39, 0.29) is 12.2 Å². The molecule has 0 heterocycles. The molecule has 0 aliphatic heterocycles. The average Bonchev–Trinajstić information content (AvgIpc) is 2.11. The minimum atomic E-state index is -0.503. The fourth-order valence-electron chi connectivity index (χ4n) is 0.947. The van der Waals surface area contributed by atoms with Crippen molar-refractivity contribution in [2.75, 3.05) is 7.11 Å². The van der Waals surface area contributed by atoms with Crippen molar-refractivity contribution in [1.82, 2.24) is 0 Å². The van der Waals surface area contributed by atoms with Crippen LogP contribution < -0.4 is 4.74 Å². The second-order valence-electron chi connectivity index (χ2n) is 2.41. The van der Waals surface area contributed by atoms with Gasteiger partial charge < -0.3 is 4.74 Å². The Morgan fingerprint density at radius 3 is 2.85 bits per heavy atom. The zero-order chi connectivity index (χ0) is 9.84. The van der Waals surface area contributed by atoms with Crippen molar-refractivity contribution in [3.63, 3.8) is 0 Å². The minimum Gasteiger partial charge on any atom is -0.494 e. The van der Waals surface area contributed by atoms with E-state index in [1.165, 1.54) is 19.2 Å². The van der Waals surface area contributed by atoms with Gasteiger partial charge in [0.2, 0.25) is 0 Å². The fourth-order valence-corrected chi connectivity index (χ4v) is 1.17. The molecule has 0 fully saturated rings. The summed E-state index contributed by atoms with van der Waals surface area (Å²) in [6.07, 6.45) is 0.0970. The second-order valence-corrected chi connectivity index (χ2v) is 2.82. The van der Waals surface area contributed by atoms with Crippen molar-refractivity contribution in [2.24, 2.45) is 0 Å². The van der Waals surface area contributed by atoms with Crippen molar-refractivity contribution in [1.29, 1.82) is 5.26 Å². The Balaban J connectivity index is 3.14. The number of halogens is 2. The number of ether oxygens (including phenoxy) is 1. The van der Waals surface area contributed by atoms with Gasteiger partial charge in [0, 0.05) is 11.1 Å². The molecule has 0 aliphatic rings. The normalized spacial score (nSPS) is 9.38. The smallest absolute Gasteiger partial charge is 0.165 e. The molecule has 0 unspecified atom stereocenters. The Bertz CT molecular complexity index is 359. The molecule has 0 spiro atoms. The molecule has 13 heavy (non-hydrogen) atoms. The summed E-state index contributed by atoms with van der Waals surface area (Å²) in [7, 11) is 1.36. The Morgan fingerprint density at radius 2 is 2.31 bits per heavy atom. The average molecular weight is 200 g/mol. The molecule has 0 saturated heterocycles. The topological polar surface area (TPSA) is 33.0 Å². The summed E-state index contributed by atoms with van der Waals surface area (Å²) in [6, 6.07) is 4.47. The highest BCUT2D eigenvalue weighted by molar-refractivity contribution is 6.31. The zero-order valence-corrected chi connectivity index (χ0v) is 7.73. The molecule has 1 rings (SSSR count). The van der Waals surface area contributed by atoms with Crippen LogP contribution in [0.3, 0.4) is 0 Å². The largest absolute Gasteiger partial charge is 0.494 e. The van der Waals surface area contributed by atoms with Gasteiger partial charge in [-0.15, -0.1) is 0 Å². The van der Waals surface area contributed by atoms with Gasteiger partial charge in [0.05, 0.1) is 19.6 Å². The Labute approximate surface area is 80.5 Å². The van der Waals surface area contributed by atoms with Crippen LogP contribution in [-0.4, -0.2) is 7.11 Å². The summed E-state index contributed by atoms with van der Waals surface area (Å²) in [5, 5.41) is 8.75. The van der Waals surface area contributed by atoms with Crippen molar-refractivity contribution < 1.29 is 9.13 Å². The maximum atomic E-state index is 13.1. The number of hydrogen-bond acceptors (Lipinski definition) is 2. The molecule has 0 bridgehead atoms. The lowest BCUT2D eigenvalue weighted by Gasteiger charge is -2.04. The summed E-state index contributed by atoms with van der Waals surface area (Å²) in [4.78, 5) is 0. The Kier molecular flexibility index (Phi) is 3.10. The van der Waals surface area contributed by atoms with Crippen molar-refractivity contribution in [2.45, 2.75) is 6.42 Å². The van der Waals surface area contributed by atoms with E-state index in [4.69, 9.17) is 21.6 Å². The van der Waals surface area contributed by atoms with Gasteiger partial charge in [-0.25, -0.2) is 4.39 Å². The Hall–Kier alpha value is -1.27. The molecule has 0 aromatic heterocycles. The van der Waals surface area contributed by atoms with Gasteiger partial charge in [0.1, 0.15) is 0 Å². The predicted molar refractivity (Wildman–Crippen MR) is 47.3 cm³/mol. The molecule has 0 radical (unpaired) electrons. The van der Waals surface area contributed by atoms with E-state index in [0.29, 0.717) is 10.6 Å². The van der Waals surface area contributed by atoms with Crippen LogP contribution in [0.1, 0.15) is 5.56 Å². The van der Waals surface area contributed by atoms with E-state index < -0.39 is 5.82 Å². The fraction of sp³-hybridized carbons (Fsp3) is 0.222. The van der Waals surface area contributed by atoms with Crippen LogP contribution >= 0.6 is 11.6 Å². The molecule has 0 saturated carbocycles. The van der Waals surface area contributed by atoms with Crippen LogP contribution in [0.5, 0.6) is 5.75 Å². The van der Waals surface area contributed by atoms with E-state index in [0.717, 1.165) is 0 Å². The lowest BCUT2D eigenvalue weighted by atomic mass is 10.1. The van der Waals surface area contributed by atoms with Crippen LogP contribution in [-0.2, 0) is 6.42 Å². The van der Waals surface area contributed by atoms with Crippen LogP contribution in [0.4, 0.5) is 4.39 Å². The van der Waals surface area contributed by atoms with Crippen LogP contribution in [0.25, 0.3) is 0 Å². The number of nitriles is 1. The first-order valence-electron chi connectivity index (χ1n) is 3.58. The molecule has 0 amide bonds. The van der Waals surface area contributed by atoms with Crippen molar-refractivity contribution >= 4 is 11.6 Å². The quantitative estimate of drug-likeness (QED) is 0.734. The van der Waals surface area contributed by atoms with Gasteiger partial charge >= 0.3 is 0 Å². The van der Waals surface area contributed by atoms with Gasteiger partial charge in [-0.3, -0.25) is 0 Å². The molecular formula is C9H7ClFNO. The lowest BCUT2D eigenvalue weighted by Crippen LogP contribution is -1.91. The molecule has 4 heteroatoms. The van der Waals surface area contributed by atoms with Gasteiger partial charge in [-0.05, 0) is 11.6 Å². The maximum absolute atomic E-state index is 13.1. The van der Waals surface area contributed by atoms with E-state index in [1.807, 2.05) is 6.07 Å². The second kappa shape index (κ2) is 4.11. The summed E-state index contributed by atoms with van der Waals surface area (Å²) in [6.45, 7) is 0. The predicted octanol–water partition coefficient (Wildman–Crippen LogP) is 2.55. The van der Waals surface area contributed by atoms with E-state index in [2.05, 4.69) is 0 Å². The molecule has 1 aromatic carbocycles. The Morgan fingerprint density at radius 1 is 1.62 bits per heavy atom. The summed E-state index contributed by atoms with van der Waals surface area (Å²) >= 11 is 5.76. The van der Waals surface area contributed by atoms with E-state index >= 15 is 0 Å². The third-order valence-electron chi connectivity index (χ3n) is 1.59. The highest BCUT2D eigenvalue weighted by Gasteiger charge is 2.08. The SMILES string of the molecule is COc1cc(Cl)c(CC#N)cc1F. The number of benzene rings is 1. The van der Waals surface area contributed by atoms with Crippen molar-refractivity contribution in [3.05, 3.63) is 28.5 Å². The summed E-state index contributed by atoms with van der Waals surface area (Å²) in [5.41, 5.74) is 0.475. The molecule has 0 aliphatic carbocycles. The standard InChI is InChI=1S/C9H7ClFNO/c1-13-9-5-7(10)6(2-3-12)4-8(9)11/h4-5H,2H2,1H3. The molecular weight excluding hydrogens is 193 g/mol. The molecule has 2 nitrogen and oxygen atoms in total. The maximum Gasteiger partial charge on any atom is 0.165 e. The number of methoxy groups -OCH3 is 1. The molecule has 0 atom stereocenters. The van der Waals surface area contributed by atoms with Gasteiger partial charge in [0.15, 0.2) is 11.6 Å². The molecule has 1 aromatic rings. The number of nitrogens with zero attached hydrogens (tertiary/aromatic N) is 1. The number of rotatable bonds is 2. The van der Waals surface area contributed by atoms with Gasteiger partial charge in [-0.1, -0.05) is 11.6 Å². The van der Waals surface area contributed by atoms with Crippen LogP contribution in [0.15, 0.2) is 12.1 Å². The zero-order valence-electron chi connectivity index (χ0n) is 6.97. The number of hydrogen-bond donors (Lipinski definition) is 0. The lowest BCUT2D eigenvalue weighted by molar-refractivity contribution is 0.386. The molecule has 0 N–H and O–H groups in total. The first-order chi connectivity index (χ1) is 6.19. The van der Waals surface area contributed by atoms with E-state index in [9.17, 15) is 4.39 Å². The summed E-state index contributed by atoms with van der Waals surface area (Å²) < 4.78 is 17.8. The highest BCUT2D eigenvalue weighted by Crippen LogP contribution is 2.25. The first kappa shape index (κ1) is 9.82. The third kappa shape index (κ3) is 2.10. The van der Waals surface area contributed by atoms with Crippen molar-refractivity contribution in [3.8, 4) is 11.8 Å². The monoisotopic (exact) mass is 199 g/mol. The van der Waals surface area contributed by atoms with E-state index in [1.54, 1.807) is 0 Å². The van der Waals surface area contributed by atoms with Gasteiger partial charge in [0.25, 0.3) is 0 Å². The third-order valence-corrected chi connectivity index (χ3v) is 1.94.